The lowest BCUT2D eigenvalue weighted by atomic mass is 10.0. The molecule has 0 bridgehead atoms. The maximum absolute atomic E-state index is 12.8. The van der Waals surface area contributed by atoms with Crippen molar-refractivity contribution in [2.75, 3.05) is 32.1 Å². The number of rotatable bonds is 4. The number of carbonyl (C=O) groups is 1. The fourth-order valence-corrected chi connectivity index (χ4v) is 4.48. The summed E-state index contributed by atoms with van der Waals surface area (Å²) >= 11 is 0. The third-order valence-electron chi connectivity index (χ3n) is 3.78. The number of hydrogen-bond acceptors (Lipinski definition) is 5. The van der Waals surface area contributed by atoms with Gasteiger partial charge in [0, 0.05) is 25.2 Å². The van der Waals surface area contributed by atoms with Gasteiger partial charge in [-0.2, -0.15) is 0 Å². The first kappa shape index (κ1) is 17.1. The average Bonchev–Trinajstić information content (AvgIpc) is 2.53. The average molecular weight is 340 g/mol. The topological polar surface area (TPSA) is 84.9 Å². The van der Waals surface area contributed by atoms with E-state index in [0.29, 0.717) is 28.3 Å². The molecule has 0 spiro atoms. The third-order valence-corrected chi connectivity index (χ3v) is 5.83. The van der Waals surface area contributed by atoms with Crippen LogP contribution in [0.25, 0.3) is 5.57 Å². The van der Waals surface area contributed by atoms with Gasteiger partial charge in [0.2, 0.25) is 0 Å². The van der Waals surface area contributed by atoms with E-state index in [4.69, 9.17) is 9.47 Å². The molecule has 1 aliphatic rings. The summed E-state index contributed by atoms with van der Waals surface area (Å²) in [6, 6.07) is 3.29. The highest BCUT2D eigenvalue weighted by molar-refractivity contribution is 7.97. The van der Waals surface area contributed by atoms with Crippen molar-refractivity contribution in [1.29, 1.82) is 0 Å². The van der Waals surface area contributed by atoms with E-state index in [1.54, 1.807) is 26.0 Å². The SMILES string of the molecule is CCN1c2cc(OC)c(OC)cc2C(C)=C(C(=O)NC)S1(=O)=O. The zero-order valence-corrected chi connectivity index (χ0v) is 14.6. The number of nitrogens with zero attached hydrogens (tertiary/aromatic N) is 1. The summed E-state index contributed by atoms with van der Waals surface area (Å²) < 4.78 is 37.3. The summed E-state index contributed by atoms with van der Waals surface area (Å²) in [5.74, 6) is 0.259. The van der Waals surface area contributed by atoms with Crippen molar-refractivity contribution in [1.82, 2.24) is 5.32 Å². The lowest BCUT2D eigenvalue weighted by Gasteiger charge is -2.32. The Kier molecular flexibility index (Phi) is 4.56. The lowest BCUT2D eigenvalue weighted by Crippen LogP contribution is -2.40. The molecule has 0 atom stereocenters. The van der Waals surface area contributed by atoms with Crippen LogP contribution in [-0.2, 0) is 14.8 Å². The summed E-state index contributed by atoms with van der Waals surface area (Å²) in [6.45, 7) is 3.51. The molecule has 7 nitrogen and oxygen atoms in total. The van der Waals surface area contributed by atoms with Crippen LogP contribution >= 0.6 is 0 Å². The van der Waals surface area contributed by atoms with Crippen LogP contribution in [0, 0.1) is 0 Å². The Labute approximate surface area is 135 Å². The van der Waals surface area contributed by atoms with Gasteiger partial charge >= 0.3 is 0 Å². The van der Waals surface area contributed by atoms with Gasteiger partial charge in [-0.3, -0.25) is 9.10 Å². The molecule has 0 unspecified atom stereocenters. The summed E-state index contributed by atoms with van der Waals surface area (Å²) in [5.41, 5.74) is 1.47. The van der Waals surface area contributed by atoms with Crippen LogP contribution in [0.5, 0.6) is 11.5 Å². The molecule has 1 aromatic carbocycles. The normalized spacial score (nSPS) is 16.0. The number of sulfonamides is 1. The molecule has 1 aliphatic heterocycles. The van der Waals surface area contributed by atoms with Gasteiger partial charge in [-0.05, 0) is 25.5 Å². The van der Waals surface area contributed by atoms with E-state index in [1.165, 1.54) is 25.6 Å². The molecule has 1 N–H and O–H groups in total. The molecule has 0 saturated heterocycles. The molecular formula is C15H20N2O5S. The first-order chi connectivity index (χ1) is 10.8. The Morgan fingerprint density at radius 1 is 1.22 bits per heavy atom. The number of amides is 1. The Hall–Kier alpha value is -2.22. The first-order valence-corrected chi connectivity index (χ1v) is 8.49. The molecule has 0 aromatic heterocycles. The first-order valence-electron chi connectivity index (χ1n) is 7.05. The van der Waals surface area contributed by atoms with E-state index in [0.717, 1.165) is 0 Å². The maximum atomic E-state index is 12.8. The molecular weight excluding hydrogens is 320 g/mol. The molecule has 8 heteroatoms. The Bertz CT molecular complexity index is 783. The highest BCUT2D eigenvalue weighted by Gasteiger charge is 2.39. The largest absolute Gasteiger partial charge is 0.493 e. The molecule has 23 heavy (non-hydrogen) atoms. The van der Waals surface area contributed by atoms with Crippen LogP contribution < -0.4 is 19.1 Å². The standard InChI is InChI=1S/C15H20N2O5S/c1-6-17-11-8-13(22-5)12(21-4)7-10(11)9(2)14(15(18)16-3)23(17,19)20/h7-8H,6H2,1-5H3,(H,16,18). The van der Waals surface area contributed by atoms with E-state index < -0.39 is 15.9 Å². The number of benzene rings is 1. The van der Waals surface area contributed by atoms with Crippen LogP contribution in [0.3, 0.4) is 0 Å². The predicted molar refractivity (Wildman–Crippen MR) is 88.1 cm³/mol. The van der Waals surface area contributed by atoms with Gasteiger partial charge in [-0.15, -0.1) is 0 Å². The molecule has 2 rings (SSSR count). The van der Waals surface area contributed by atoms with Crippen molar-refractivity contribution in [3.63, 3.8) is 0 Å². The zero-order chi connectivity index (χ0) is 17.4. The fraction of sp³-hybridized carbons (Fsp3) is 0.400. The second-order valence-corrected chi connectivity index (χ2v) is 6.73. The number of likely N-dealkylation sites (N-methyl/N-ethyl adjacent to an activating group) is 1. The number of hydrogen-bond donors (Lipinski definition) is 1. The number of allylic oxidation sites excluding steroid dienone is 1. The number of anilines is 1. The third kappa shape index (κ3) is 2.52. The molecule has 0 radical (unpaired) electrons. The van der Waals surface area contributed by atoms with E-state index in [2.05, 4.69) is 5.32 Å². The van der Waals surface area contributed by atoms with Crippen LogP contribution in [0.2, 0.25) is 0 Å². The number of ether oxygens (including phenoxy) is 2. The van der Waals surface area contributed by atoms with Gasteiger partial charge in [-0.25, -0.2) is 8.42 Å². The summed E-state index contributed by atoms with van der Waals surface area (Å²) in [7, 11) is 0.456. The predicted octanol–water partition coefficient (Wildman–Crippen LogP) is 1.35. The second kappa shape index (κ2) is 6.11. The van der Waals surface area contributed by atoms with E-state index >= 15 is 0 Å². The highest BCUT2D eigenvalue weighted by atomic mass is 32.2. The van der Waals surface area contributed by atoms with Gasteiger partial charge in [0.1, 0.15) is 0 Å². The van der Waals surface area contributed by atoms with Crippen molar-refractivity contribution in [2.45, 2.75) is 13.8 Å². The lowest BCUT2D eigenvalue weighted by molar-refractivity contribution is -0.116. The molecule has 1 amide bonds. The fourth-order valence-electron chi connectivity index (χ4n) is 2.67. The highest BCUT2D eigenvalue weighted by Crippen LogP contribution is 2.44. The monoisotopic (exact) mass is 340 g/mol. The van der Waals surface area contributed by atoms with Crippen molar-refractivity contribution in [2.24, 2.45) is 0 Å². The minimum Gasteiger partial charge on any atom is -0.493 e. The molecule has 1 aromatic rings. The Morgan fingerprint density at radius 3 is 2.26 bits per heavy atom. The second-order valence-electron chi connectivity index (χ2n) is 4.93. The van der Waals surface area contributed by atoms with E-state index in [1.807, 2.05) is 0 Å². The quantitative estimate of drug-likeness (QED) is 0.894. The van der Waals surface area contributed by atoms with Gasteiger partial charge in [0.05, 0.1) is 19.9 Å². The Balaban J connectivity index is 2.88. The molecule has 126 valence electrons. The van der Waals surface area contributed by atoms with Crippen LogP contribution in [0.4, 0.5) is 5.69 Å². The van der Waals surface area contributed by atoms with Crippen molar-refractivity contribution in [3.8, 4) is 11.5 Å². The Morgan fingerprint density at radius 2 is 1.78 bits per heavy atom. The van der Waals surface area contributed by atoms with E-state index in [-0.39, 0.29) is 11.4 Å². The molecule has 0 saturated carbocycles. The van der Waals surface area contributed by atoms with Crippen LogP contribution in [0.15, 0.2) is 17.0 Å². The number of nitrogens with one attached hydrogen (secondary N) is 1. The van der Waals surface area contributed by atoms with Gasteiger partial charge in [0.25, 0.3) is 15.9 Å². The van der Waals surface area contributed by atoms with Crippen molar-refractivity contribution in [3.05, 3.63) is 22.6 Å². The minimum absolute atomic E-state index is 0.193. The summed E-state index contributed by atoms with van der Waals surface area (Å²) in [6.07, 6.45) is 0. The number of carbonyl (C=O) groups excluding carboxylic acids is 1. The van der Waals surface area contributed by atoms with Gasteiger partial charge < -0.3 is 14.8 Å². The maximum Gasteiger partial charge on any atom is 0.270 e. The van der Waals surface area contributed by atoms with Gasteiger partial charge in [-0.1, -0.05) is 0 Å². The molecule has 1 heterocycles. The summed E-state index contributed by atoms with van der Waals surface area (Å²) in [5, 5.41) is 2.39. The summed E-state index contributed by atoms with van der Waals surface area (Å²) in [4.78, 5) is 11.9. The number of fused-ring (bicyclic) bond motifs is 1. The van der Waals surface area contributed by atoms with E-state index in [9.17, 15) is 13.2 Å². The zero-order valence-electron chi connectivity index (χ0n) is 13.8. The van der Waals surface area contributed by atoms with Gasteiger partial charge in [0.15, 0.2) is 16.4 Å². The number of methoxy groups -OCH3 is 2. The molecule has 0 aliphatic carbocycles. The van der Waals surface area contributed by atoms with Crippen LogP contribution in [-0.4, -0.2) is 42.1 Å². The minimum atomic E-state index is -3.93. The van der Waals surface area contributed by atoms with Crippen molar-refractivity contribution < 1.29 is 22.7 Å². The smallest absolute Gasteiger partial charge is 0.270 e. The molecule has 0 fully saturated rings. The van der Waals surface area contributed by atoms with Crippen LogP contribution in [0.1, 0.15) is 19.4 Å². The van der Waals surface area contributed by atoms with Crippen molar-refractivity contribution >= 4 is 27.2 Å².